The van der Waals surface area contributed by atoms with E-state index >= 15 is 0 Å². The highest BCUT2D eigenvalue weighted by molar-refractivity contribution is 5.93. The Hall–Kier alpha value is -2.73. The Morgan fingerprint density at radius 2 is 1.54 bits per heavy atom. The summed E-state index contributed by atoms with van der Waals surface area (Å²) in [4.78, 5) is 58.0. The number of carbonyl (C=O) groups is 5. The molecular formula is C16H30N6O6. The molecule has 0 aliphatic heterocycles. The molecule has 0 bridgehead atoms. The van der Waals surface area contributed by atoms with Gasteiger partial charge in [0.25, 0.3) is 0 Å². The van der Waals surface area contributed by atoms with Crippen LogP contribution in [0.3, 0.4) is 0 Å². The number of nitrogens with two attached hydrogens (primary N) is 3. The third kappa shape index (κ3) is 10.4. The molecule has 0 aliphatic carbocycles. The van der Waals surface area contributed by atoms with Crippen molar-refractivity contribution < 1.29 is 29.1 Å². The fourth-order valence-corrected chi connectivity index (χ4v) is 2.24. The summed E-state index contributed by atoms with van der Waals surface area (Å²) in [5.41, 5.74) is 15.6. The van der Waals surface area contributed by atoms with Crippen molar-refractivity contribution >= 4 is 29.6 Å². The van der Waals surface area contributed by atoms with Gasteiger partial charge in [-0.3, -0.25) is 19.2 Å². The number of aliphatic carboxylic acids is 1. The lowest BCUT2D eigenvalue weighted by atomic mass is 10.1. The number of unbranched alkanes of at least 4 members (excludes halogenated alkanes) is 1. The van der Waals surface area contributed by atoms with E-state index in [1.54, 1.807) is 0 Å². The van der Waals surface area contributed by atoms with Crippen LogP contribution in [-0.4, -0.2) is 65.9 Å². The first-order valence-electron chi connectivity index (χ1n) is 8.93. The number of carboxylic acids is 1. The number of carbonyl (C=O) groups excluding carboxylic acids is 4. The zero-order chi connectivity index (χ0) is 21.7. The normalized spacial score (nSPS) is 13.7. The fourth-order valence-electron chi connectivity index (χ4n) is 2.24. The highest BCUT2D eigenvalue weighted by Gasteiger charge is 2.27. The first-order chi connectivity index (χ1) is 13.1. The van der Waals surface area contributed by atoms with Gasteiger partial charge in [0.1, 0.15) is 18.1 Å². The van der Waals surface area contributed by atoms with Crippen molar-refractivity contribution in [1.29, 1.82) is 0 Å². The van der Waals surface area contributed by atoms with E-state index in [-0.39, 0.29) is 19.4 Å². The highest BCUT2D eigenvalue weighted by Crippen LogP contribution is 2.03. The van der Waals surface area contributed by atoms with Gasteiger partial charge in [-0.15, -0.1) is 0 Å². The number of carboxylic acid groups (broad SMARTS) is 1. The quantitative estimate of drug-likeness (QED) is 0.147. The Kier molecular flexibility index (Phi) is 12.1. The Balaban J connectivity index is 4.85. The van der Waals surface area contributed by atoms with Crippen LogP contribution in [0.5, 0.6) is 0 Å². The average Bonchev–Trinajstić information content (AvgIpc) is 2.63. The maximum Gasteiger partial charge on any atom is 0.326 e. The molecule has 3 atom stereocenters. The zero-order valence-electron chi connectivity index (χ0n) is 15.9. The molecule has 0 spiro atoms. The third-order valence-corrected chi connectivity index (χ3v) is 3.83. The lowest BCUT2D eigenvalue weighted by Crippen LogP contribution is -2.55. The maximum atomic E-state index is 12.4. The summed E-state index contributed by atoms with van der Waals surface area (Å²) in [6, 6.07) is -3.30. The second-order valence-corrected chi connectivity index (χ2v) is 6.24. The van der Waals surface area contributed by atoms with Crippen LogP contribution in [-0.2, 0) is 24.0 Å². The van der Waals surface area contributed by atoms with Crippen LogP contribution in [0.2, 0.25) is 0 Å². The number of rotatable bonds is 14. The minimum absolute atomic E-state index is 0.175. The summed E-state index contributed by atoms with van der Waals surface area (Å²) in [5.74, 6) is -3.91. The monoisotopic (exact) mass is 402 g/mol. The van der Waals surface area contributed by atoms with Crippen LogP contribution in [0.4, 0.5) is 0 Å². The molecule has 0 fully saturated rings. The van der Waals surface area contributed by atoms with Gasteiger partial charge in [0, 0.05) is 6.42 Å². The topological polar surface area (TPSA) is 220 Å². The molecule has 160 valence electrons. The number of amides is 4. The van der Waals surface area contributed by atoms with E-state index in [1.807, 2.05) is 0 Å². The fraction of sp³-hybridized carbons (Fsp3) is 0.688. The van der Waals surface area contributed by atoms with Gasteiger partial charge in [0.15, 0.2) is 0 Å². The number of nitrogens with one attached hydrogen (secondary N) is 3. The molecule has 0 aliphatic rings. The van der Waals surface area contributed by atoms with E-state index in [9.17, 15) is 24.0 Å². The van der Waals surface area contributed by atoms with Crippen LogP contribution in [0.1, 0.15) is 39.0 Å². The first-order valence-corrected chi connectivity index (χ1v) is 8.93. The van der Waals surface area contributed by atoms with Crippen molar-refractivity contribution in [3.05, 3.63) is 0 Å². The summed E-state index contributed by atoms with van der Waals surface area (Å²) in [5, 5.41) is 16.2. The van der Waals surface area contributed by atoms with Crippen LogP contribution in [0.15, 0.2) is 0 Å². The summed E-state index contributed by atoms with van der Waals surface area (Å²) in [6.07, 6.45) is 1.14. The summed E-state index contributed by atoms with van der Waals surface area (Å²) in [7, 11) is 0. The molecule has 0 heterocycles. The molecule has 0 rings (SSSR count). The van der Waals surface area contributed by atoms with Gasteiger partial charge in [-0.1, -0.05) is 0 Å². The molecule has 0 saturated heterocycles. The van der Waals surface area contributed by atoms with E-state index in [0.717, 1.165) is 0 Å². The van der Waals surface area contributed by atoms with Gasteiger partial charge in [0.05, 0.1) is 6.54 Å². The van der Waals surface area contributed by atoms with E-state index in [2.05, 4.69) is 16.0 Å². The van der Waals surface area contributed by atoms with Crippen molar-refractivity contribution in [3.8, 4) is 0 Å². The Morgan fingerprint density at radius 3 is 2.04 bits per heavy atom. The Labute approximate surface area is 162 Å². The molecule has 0 aromatic carbocycles. The summed E-state index contributed by atoms with van der Waals surface area (Å²) >= 11 is 0. The zero-order valence-corrected chi connectivity index (χ0v) is 15.9. The molecule has 0 saturated carbocycles. The molecule has 10 N–H and O–H groups in total. The highest BCUT2D eigenvalue weighted by atomic mass is 16.4. The summed E-state index contributed by atoms with van der Waals surface area (Å²) < 4.78 is 0. The van der Waals surface area contributed by atoms with E-state index in [4.69, 9.17) is 22.3 Å². The molecule has 0 radical (unpaired) electrons. The molecule has 12 heteroatoms. The molecule has 4 amide bonds. The predicted molar refractivity (Wildman–Crippen MR) is 99.5 cm³/mol. The van der Waals surface area contributed by atoms with Crippen molar-refractivity contribution in [1.82, 2.24) is 16.0 Å². The van der Waals surface area contributed by atoms with Crippen LogP contribution >= 0.6 is 0 Å². The number of hydrogen-bond donors (Lipinski definition) is 7. The molecule has 28 heavy (non-hydrogen) atoms. The van der Waals surface area contributed by atoms with Gasteiger partial charge < -0.3 is 38.3 Å². The standard InChI is InChI=1S/C16H30N6O6/c1-9(14(25)22-11(16(27)28)5-6-12(19)23)20-15(26)10(4-2-3-7-17)21-13(24)8-18/h9-11H,2-8,17-18H2,1H3,(H2,19,23)(H,20,26)(H,21,24)(H,22,25)(H,27,28). The van der Waals surface area contributed by atoms with Crippen LogP contribution < -0.4 is 33.2 Å². The van der Waals surface area contributed by atoms with E-state index in [0.29, 0.717) is 25.8 Å². The minimum Gasteiger partial charge on any atom is -0.480 e. The third-order valence-electron chi connectivity index (χ3n) is 3.83. The smallest absolute Gasteiger partial charge is 0.326 e. The number of primary amides is 1. The SMILES string of the molecule is CC(NC(=O)C(CCCCN)NC(=O)CN)C(=O)NC(CCC(N)=O)C(=O)O. The van der Waals surface area contributed by atoms with Crippen LogP contribution in [0.25, 0.3) is 0 Å². The van der Waals surface area contributed by atoms with Crippen LogP contribution in [0, 0.1) is 0 Å². The molecule has 12 nitrogen and oxygen atoms in total. The lowest BCUT2D eigenvalue weighted by molar-refractivity contribution is -0.142. The van der Waals surface area contributed by atoms with Crippen molar-refractivity contribution in [2.45, 2.75) is 57.2 Å². The average molecular weight is 402 g/mol. The predicted octanol–water partition coefficient (Wildman–Crippen LogP) is -3.10. The van der Waals surface area contributed by atoms with Crippen molar-refractivity contribution in [3.63, 3.8) is 0 Å². The Bertz CT molecular complexity index is 570. The second kappa shape index (κ2) is 13.4. The second-order valence-electron chi connectivity index (χ2n) is 6.24. The van der Waals surface area contributed by atoms with Crippen molar-refractivity contribution in [2.24, 2.45) is 17.2 Å². The van der Waals surface area contributed by atoms with Gasteiger partial charge >= 0.3 is 5.97 Å². The molecule has 0 aromatic heterocycles. The van der Waals surface area contributed by atoms with E-state index in [1.165, 1.54) is 6.92 Å². The molecule has 0 aromatic rings. The molecule has 3 unspecified atom stereocenters. The van der Waals surface area contributed by atoms with Gasteiger partial charge in [-0.05, 0) is 39.2 Å². The maximum absolute atomic E-state index is 12.4. The largest absolute Gasteiger partial charge is 0.480 e. The van der Waals surface area contributed by atoms with Gasteiger partial charge in [0.2, 0.25) is 23.6 Å². The van der Waals surface area contributed by atoms with Gasteiger partial charge in [-0.25, -0.2) is 4.79 Å². The van der Waals surface area contributed by atoms with E-state index < -0.39 is 47.7 Å². The number of hydrogen-bond acceptors (Lipinski definition) is 7. The first kappa shape index (κ1) is 25.3. The van der Waals surface area contributed by atoms with Crippen molar-refractivity contribution in [2.75, 3.05) is 13.1 Å². The minimum atomic E-state index is -1.33. The van der Waals surface area contributed by atoms with Gasteiger partial charge in [-0.2, -0.15) is 0 Å². The Morgan fingerprint density at radius 1 is 0.893 bits per heavy atom. The molecular weight excluding hydrogens is 372 g/mol. The summed E-state index contributed by atoms with van der Waals surface area (Å²) in [6.45, 7) is 1.50. The lowest BCUT2D eigenvalue weighted by Gasteiger charge is -2.22.